The van der Waals surface area contributed by atoms with Gasteiger partial charge in [0.05, 0.1) is 4.92 Å². The zero-order chi connectivity index (χ0) is 13.8. The van der Waals surface area contributed by atoms with Gasteiger partial charge >= 0.3 is 0 Å². The highest BCUT2D eigenvalue weighted by Gasteiger charge is 2.22. The zero-order valence-electron chi connectivity index (χ0n) is 10.6. The third-order valence-electron chi connectivity index (χ3n) is 3.60. The molecule has 1 N–H and O–H groups in total. The first kappa shape index (κ1) is 13.9. The highest BCUT2D eigenvalue weighted by molar-refractivity contribution is 5.40. The number of benzene rings is 1. The Kier molecular flexibility index (Phi) is 4.44. The van der Waals surface area contributed by atoms with Gasteiger partial charge in [0, 0.05) is 24.8 Å². The molecule has 0 aromatic heterocycles. The molecule has 0 aliphatic carbocycles. The minimum absolute atomic E-state index is 0.0364. The third kappa shape index (κ3) is 3.48. The maximum atomic E-state index is 13.2. The van der Waals surface area contributed by atoms with E-state index in [2.05, 4.69) is 4.90 Å². The third-order valence-corrected chi connectivity index (χ3v) is 3.60. The summed E-state index contributed by atoms with van der Waals surface area (Å²) in [6, 6.07) is 3.56. The number of aliphatic hydroxyl groups excluding tert-OH is 1. The number of likely N-dealkylation sites (tertiary alicyclic amines) is 1. The van der Waals surface area contributed by atoms with Crippen molar-refractivity contribution < 1.29 is 14.4 Å². The van der Waals surface area contributed by atoms with Gasteiger partial charge in [0.2, 0.25) is 0 Å². The van der Waals surface area contributed by atoms with Gasteiger partial charge in [-0.3, -0.25) is 15.0 Å². The molecule has 0 radical (unpaired) electrons. The molecular weight excluding hydrogens is 251 g/mol. The fraction of sp³-hybridized carbons (Fsp3) is 0.538. The minimum atomic E-state index is -0.477. The number of rotatable bonds is 4. The highest BCUT2D eigenvalue weighted by atomic mass is 19.1. The van der Waals surface area contributed by atoms with Crippen molar-refractivity contribution in [2.45, 2.75) is 19.4 Å². The van der Waals surface area contributed by atoms with Crippen LogP contribution in [-0.4, -0.2) is 34.6 Å². The molecule has 1 aliphatic rings. The lowest BCUT2D eigenvalue weighted by molar-refractivity contribution is -0.385. The van der Waals surface area contributed by atoms with Crippen LogP contribution in [0.2, 0.25) is 0 Å². The predicted octanol–water partition coefficient (Wildman–Crippen LogP) is 1.94. The number of piperidine rings is 1. The maximum absolute atomic E-state index is 13.2. The molecule has 0 spiro atoms. The van der Waals surface area contributed by atoms with Crippen molar-refractivity contribution in [3.63, 3.8) is 0 Å². The first-order chi connectivity index (χ1) is 9.10. The van der Waals surface area contributed by atoms with Crippen LogP contribution in [0.5, 0.6) is 0 Å². The predicted molar refractivity (Wildman–Crippen MR) is 68.1 cm³/mol. The smallest absolute Gasteiger partial charge is 0.274 e. The summed E-state index contributed by atoms with van der Waals surface area (Å²) in [5.41, 5.74) is 0.373. The molecule has 1 aromatic rings. The SMILES string of the molecule is O=[N+]([O-])c1ccc(F)cc1CN1CCC(CO)CC1. The van der Waals surface area contributed by atoms with Gasteiger partial charge in [0.25, 0.3) is 5.69 Å². The molecule has 19 heavy (non-hydrogen) atoms. The zero-order valence-corrected chi connectivity index (χ0v) is 10.6. The van der Waals surface area contributed by atoms with E-state index in [0.29, 0.717) is 18.0 Å². The second-order valence-corrected chi connectivity index (χ2v) is 4.93. The van der Waals surface area contributed by atoms with Crippen LogP contribution in [0.15, 0.2) is 18.2 Å². The van der Waals surface area contributed by atoms with E-state index in [-0.39, 0.29) is 12.3 Å². The number of nitro benzene ring substituents is 1. The summed E-state index contributed by atoms with van der Waals surface area (Å²) in [6.45, 7) is 2.12. The molecule has 1 fully saturated rings. The topological polar surface area (TPSA) is 66.6 Å². The van der Waals surface area contributed by atoms with Gasteiger partial charge in [0.15, 0.2) is 0 Å². The van der Waals surface area contributed by atoms with E-state index < -0.39 is 10.7 Å². The Morgan fingerprint density at radius 1 is 1.42 bits per heavy atom. The van der Waals surface area contributed by atoms with E-state index in [0.717, 1.165) is 32.0 Å². The molecule has 0 unspecified atom stereocenters. The van der Waals surface area contributed by atoms with Gasteiger partial charge in [-0.05, 0) is 44.0 Å². The molecule has 0 atom stereocenters. The Bertz CT molecular complexity index is 459. The second kappa shape index (κ2) is 6.08. The van der Waals surface area contributed by atoms with Crippen LogP contribution in [0.1, 0.15) is 18.4 Å². The fourth-order valence-electron chi connectivity index (χ4n) is 2.43. The molecule has 6 heteroatoms. The van der Waals surface area contributed by atoms with Crippen molar-refractivity contribution in [3.05, 3.63) is 39.7 Å². The van der Waals surface area contributed by atoms with Crippen molar-refractivity contribution in [1.82, 2.24) is 4.90 Å². The number of aliphatic hydroxyl groups is 1. The van der Waals surface area contributed by atoms with Gasteiger partial charge < -0.3 is 5.11 Å². The molecule has 1 aromatic carbocycles. The summed E-state index contributed by atoms with van der Waals surface area (Å²) >= 11 is 0. The van der Waals surface area contributed by atoms with Crippen LogP contribution < -0.4 is 0 Å². The van der Waals surface area contributed by atoms with Crippen molar-refractivity contribution in [3.8, 4) is 0 Å². The summed E-state index contributed by atoms with van der Waals surface area (Å²) in [7, 11) is 0. The highest BCUT2D eigenvalue weighted by Crippen LogP contribution is 2.24. The fourth-order valence-corrected chi connectivity index (χ4v) is 2.43. The largest absolute Gasteiger partial charge is 0.396 e. The molecule has 1 saturated heterocycles. The van der Waals surface area contributed by atoms with Crippen LogP contribution in [0.3, 0.4) is 0 Å². The summed E-state index contributed by atoms with van der Waals surface area (Å²) in [4.78, 5) is 12.5. The summed E-state index contributed by atoms with van der Waals surface area (Å²) in [5.74, 6) is -0.135. The van der Waals surface area contributed by atoms with Crippen molar-refractivity contribution in [2.75, 3.05) is 19.7 Å². The van der Waals surface area contributed by atoms with E-state index >= 15 is 0 Å². The molecule has 0 amide bonds. The summed E-state index contributed by atoms with van der Waals surface area (Å²) < 4.78 is 13.2. The Morgan fingerprint density at radius 2 is 2.11 bits per heavy atom. The van der Waals surface area contributed by atoms with Gasteiger partial charge in [-0.1, -0.05) is 0 Å². The van der Waals surface area contributed by atoms with E-state index in [1.165, 1.54) is 12.1 Å². The molecule has 5 nitrogen and oxygen atoms in total. The Labute approximate surface area is 110 Å². The van der Waals surface area contributed by atoms with Crippen LogP contribution in [0.25, 0.3) is 0 Å². The molecular formula is C13H17FN2O3. The van der Waals surface area contributed by atoms with Crippen molar-refractivity contribution in [2.24, 2.45) is 5.92 Å². The van der Waals surface area contributed by atoms with Gasteiger partial charge in [-0.15, -0.1) is 0 Å². The number of hydrogen-bond donors (Lipinski definition) is 1. The van der Waals surface area contributed by atoms with Crippen molar-refractivity contribution in [1.29, 1.82) is 0 Å². The maximum Gasteiger partial charge on any atom is 0.274 e. The van der Waals surface area contributed by atoms with Crippen LogP contribution in [0, 0.1) is 21.8 Å². The average Bonchev–Trinajstić information content (AvgIpc) is 2.39. The quantitative estimate of drug-likeness (QED) is 0.669. The average molecular weight is 268 g/mol. The molecule has 0 bridgehead atoms. The number of nitro groups is 1. The van der Waals surface area contributed by atoms with Crippen LogP contribution in [-0.2, 0) is 6.54 Å². The lowest BCUT2D eigenvalue weighted by Gasteiger charge is -2.30. The number of nitrogens with zero attached hydrogens (tertiary/aromatic N) is 2. The normalized spacial score (nSPS) is 17.6. The molecule has 0 saturated carbocycles. The van der Waals surface area contributed by atoms with Gasteiger partial charge in [-0.25, -0.2) is 4.39 Å². The van der Waals surface area contributed by atoms with Crippen LogP contribution >= 0.6 is 0 Å². The van der Waals surface area contributed by atoms with E-state index in [1.807, 2.05) is 0 Å². The molecule has 1 aliphatic heterocycles. The molecule has 1 heterocycles. The summed E-state index contributed by atoms with van der Waals surface area (Å²) in [5, 5.41) is 20.0. The van der Waals surface area contributed by atoms with Gasteiger partial charge in [-0.2, -0.15) is 0 Å². The number of halogens is 1. The minimum Gasteiger partial charge on any atom is -0.396 e. The Hall–Kier alpha value is -1.53. The molecule has 104 valence electrons. The lowest BCUT2D eigenvalue weighted by atomic mass is 9.97. The second-order valence-electron chi connectivity index (χ2n) is 4.93. The summed E-state index contributed by atoms with van der Waals surface area (Å²) in [6.07, 6.45) is 1.75. The lowest BCUT2D eigenvalue weighted by Crippen LogP contribution is -2.34. The number of hydrogen-bond acceptors (Lipinski definition) is 4. The van der Waals surface area contributed by atoms with E-state index in [4.69, 9.17) is 5.11 Å². The first-order valence-electron chi connectivity index (χ1n) is 6.36. The van der Waals surface area contributed by atoms with Gasteiger partial charge in [0.1, 0.15) is 5.82 Å². The van der Waals surface area contributed by atoms with E-state index in [9.17, 15) is 14.5 Å². The standard InChI is InChI=1S/C13H17FN2O3/c14-12-1-2-13(16(18)19)11(7-12)8-15-5-3-10(9-17)4-6-15/h1-2,7,10,17H,3-6,8-9H2. The monoisotopic (exact) mass is 268 g/mol. The van der Waals surface area contributed by atoms with Crippen LogP contribution in [0.4, 0.5) is 10.1 Å². The van der Waals surface area contributed by atoms with E-state index in [1.54, 1.807) is 0 Å². The van der Waals surface area contributed by atoms with Crippen molar-refractivity contribution >= 4 is 5.69 Å². The Morgan fingerprint density at radius 3 is 2.68 bits per heavy atom. The first-order valence-corrected chi connectivity index (χ1v) is 6.36. The molecule has 2 rings (SSSR count). The Balaban J connectivity index is 2.06.